The summed E-state index contributed by atoms with van der Waals surface area (Å²) in [7, 11) is 4.59. The molecule has 1 heterocycles. The van der Waals surface area contributed by atoms with E-state index in [-0.39, 0.29) is 23.0 Å². The molecule has 2 aromatic carbocycles. The van der Waals surface area contributed by atoms with E-state index in [0.717, 1.165) is 11.4 Å². The van der Waals surface area contributed by atoms with Crippen molar-refractivity contribution in [1.82, 2.24) is 14.8 Å². The number of rotatable bonds is 11. The Labute approximate surface area is 200 Å². The molecule has 0 radical (unpaired) electrons. The monoisotopic (exact) mass is 487 g/mol. The lowest BCUT2D eigenvalue weighted by atomic mass is 10.1. The molecule has 0 spiro atoms. The van der Waals surface area contributed by atoms with Crippen molar-refractivity contribution in [3.05, 3.63) is 57.9 Å². The van der Waals surface area contributed by atoms with Gasteiger partial charge in [-0.2, -0.15) is 0 Å². The van der Waals surface area contributed by atoms with E-state index in [0.29, 0.717) is 35.4 Å². The molecule has 0 fully saturated rings. The fourth-order valence-electron chi connectivity index (χ4n) is 3.27. The normalized spacial score (nSPS) is 10.6. The second kappa shape index (κ2) is 11.4. The van der Waals surface area contributed by atoms with Gasteiger partial charge in [0.05, 0.1) is 37.7 Å². The molecule has 0 aliphatic heterocycles. The maximum atomic E-state index is 12.5. The van der Waals surface area contributed by atoms with Gasteiger partial charge < -0.3 is 24.1 Å². The average Bonchev–Trinajstić information content (AvgIpc) is 3.23. The summed E-state index contributed by atoms with van der Waals surface area (Å²) in [5.74, 6) is 2.04. The third kappa shape index (κ3) is 5.76. The molecule has 0 aliphatic carbocycles. The quantitative estimate of drug-likeness (QED) is 0.245. The number of hydrogen-bond donors (Lipinski definition) is 1. The van der Waals surface area contributed by atoms with Crippen molar-refractivity contribution in [2.24, 2.45) is 0 Å². The minimum absolute atomic E-state index is 0.0420. The van der Waals surface area contributed by atoms with Crippen molar-refractivity contribution < 1.29 is 23.9 Å². The molecule has 3 rings (SSSR count). The summed E-state index contributed by atoms with van der Waals surface area (Å²) in [6, 6.07) is 9.67. The second-order valence-electron chi connectivity index (χ2n) is 6.99. The number of carbonyl (C=O) groups is 1. The summed E-state index contributed by atoms with van der Waals surface area (Å²) in [4.78, 5) is 23.0. The van der Waals surface area contributed by atoms with Crippen LogP contribution in [0.4, 0.5) is 11.4 Å². The number of carbonyl (C=O) groups excluding carboxylic acids is 1. The maximum Gasteiger partial charge on any atom is 0.271 e. The van der Waals surface area contributed by atoms with Crippen LogP contribution in [0.5, 0.6) is 17.2 Å². The SMILES string of the molecule is CCn1c(Cc2ccc(OC)c(OC)c2)nnc1SCC(=O)Nc1cc([N+](=O)[O-])ccc1OC. The van der Waals surface area contributed by atoms with Gasteiger partial charge in [0.1, 0.15) is 11.6 Å². The van der Waals surface area contributed by atoms with Crippen LogP contribution in [0.25, 0.3) is 0 Å². The van der Waals surface area contributed by atoms with Crippen LogP contribution in [-0.4, -0.2) is 52.7 Å². The van der Waals surface area contributed by atoms with Gasteiger partial charge in [-0.3, -0.25) is 14.9 Å². The van der Waals surface area contributed by atoms with Gasteiger partial charge in [0, 0.05) is 25.1 Å². The van der Waals surface area contributed by atoms with Crippen LogP contribution >= 0.6 is 11.8 Å². The molecule has 1 aromatic heterocycles. The largest absolute Gasteiger partial charge is 0.495 e. The number of hydrogen-bond acceptors (Lipinski definition) is 9. The zero-order chi connectivity index (χ0) is 24.7. The van der Waals surface area contributed by atoms with Crippen molar-refractivity contribution in [3.8, 4) is 17.2 Å². The molecule has 12 heteroatoms. The first-order chi connectivity index (χ1) is 16.4. The summed E-state index contributed by atoms with van der Waals surface area (Å²) in [6.45, 7) is 2.60. The van der Waals surface area contributed by atoms with Gasteiger partial charge in [0.2, 0.25) is 5.91 Å². The number of amides is 1. The molecule has 0 saturated heterocycles. The van der Waals surface area contributed by atoms with Gasteiger partial charge in [-0.25, -0.2) is 0 Å². The highest BCUT2D eigenvalue weighted by Crippen LogP contribution is 2.30. The molecule has 0 aliphatic rings. The number of methoxy groups -OCH3 is 3. The van der Waals surface area contributed by atoms with Crippen molar-refractivity contribution in [1.29, 1.82) is 0 Å². The minimum atomic E-state index is -0.534. The number of ether oxygens (including phenoxy) is 3. The lowest BCUT2D eigenvalue weighted by molar-refractivity contribution is -0.384. The third-order valence-electron chi connectivity index (χ3n) is 4.92. The number of nitrogens with zero attached hydrogens (tertiary/aromatic N) is 4. The Morgan fingerprint density at radius 2 is 1.76 bits per heavy atom. The molecular formula is C22H25N5O6S. The van der Waals surface area contributed by atoms with Gasteiger partial charge in [-0.1, -0.05) is 17.8 Å². The molecule has 0 saturated carbocycles. The molecule has 1 amide bonds. The van der Waals surface area contributed by atoms with Crippen LogP contribution in [0.1, 0.15) is 18.3 Å². The summed E-state index contributed by atoms with van der Waals surface area (Å²) >= 11 is 1.23. The second-order valence-corrected chi connectivity index (χ2v) is 7.93. The molecule has 34 heavy (non-hydrogen) atoms. The van der Waals surface area contributed by atoms with Crippen LogP contribution in [0.2, 0.25) is 0 Å². The van der Waals surface area contributed by atoms with Crippen molar-refractivity contribution in [2.75, 3.05) is 32.4 Å². The molecule has 1 N–H and O–H groups in total. The number of benzene rings is 2. The number of nitro groups is 1. The molecule has 11 nitrogen and oxygen atoms in total. The van der Waals surface area contributed by atoms with Crippen molar-refractivity contribution in [3.63, 3.8) is 0 Å². The Balaban J connectivity index is 1.69. The van der Waals surface area contributed by atoms with Crippen molar-refractivity contribution >= 4 is 29.0 Å². The Morgan fingerprint density at radius 1 is 1.06 bits per heavy atom. The highest BCUT2D eigenvalue weighted by molar-refractivity contribution is 7.99. The summed E-state index contributed by atoms with van der Waals surface area (Å²) in [6.07, 6.45) is 0.527. The Hall–Kier alpha value is -3.80. The number of nitrogens with one attached hydrogen (secondary N) is 1. The van der Waals surface area contributed by atoms with Crippen LogP contribution in [0, 0.1) is 10.1 Å². The van der Waals surface area contributed by atoms with Gasteiger partial charge in [0.15, 0.2) is 16.7 Å². The van der Waals surface area contributed by atoms with Crippen LogP contribution in [0.3, 0.4) is 0 Å². The van der Waals surface area contributed by atoms with E-state index in [4.69, 9.17) is 14.2 Å². The lowest BCUT2D eigenvalue weighted by Crippen LogP contribution is -2.15. The molecule has 180 valence electrons. The fraction of sp³-hybridized carbons (Fsp3) is 0.318. The highest BCUT2D eigenvalue weighted by atomic mass is 32.2. The van der Waals surface area contributed by atoms with Gasteiger partial charge in [-0.05, 0) is 30.7 Å². The Morgan fingerprint density at radius 3 is 2.41 bits per heavy atom. The van der Waals surface area contributed by atoms with Crippen LogP contribution in [-0.2, 0) is 17.8 Å². The lowest BCUT2D eigenvalue weighted by Gasteiger charge is -2.11. The topological polar surface area (TPSA) is 131 Å². The first kappa shape index (κ1) is 24.8. The smallest absolute Gasteiger partial charge is 0.271 e. The summed E-state index contributed by atoms with van der Waals surface area (Å²) < 4.78 is 17.8. The molecule has 0 atom stereocenters. The average molecular weight is 488 g/mol. The van der Waals surface area contributed by atoms with E-state index >= 15 is 0 Å². The summed E-state index contributed by atoms with van der Waals surface area (Å²) in [5, 5.41) is 22.8. The van der Waals surface area contributed by atoms with E-state index in [1.54, 1.807) is 14.2 Å². The standard InChI is InChI=1S/C22H25N5O6S/c1-5-26-20(11-14-6-8-18(32-3)19(10-14)33-4)24-25-22(26)34-13-21(28)23-16-12-15(27(29)30)7-9-17(16)31-2/h6-10,12H,5,11,13H2,1-4H3,(H,23,28). The predicted octanol–water partition coefficient (Wildman–Crippen LogP) is 3.55. The van der Waals surface area contributed by atoms with Crippen LogP contribution < -0.4 is 19.5 Å². The van der Waals surface area contributed by atoms with Gasteiger partial charge in [0.25, 0.3) is 5.69 Å². The number of non-ortho nitro benzene ring substituents is 1. The fourth-order valence-corrected chi connectivity index (χ4v) is 4.09. The molecule has 0 unspecified atom stereocenters. The number of nitro benzene ring substituents is 1. The summed E-state index contributed by atoms with van der Waals surface area (Å²) in [5.41, 5.74) is 1.06. The van der Waals surface area contributed by atoms with E-state index in [9.17, 15) is 14.9 Å². The molecule has 3 aromatic rings. The number of thioether (sulfide) groups is 1. The number of aromatic nitrogens is 3. The van der Waals surface area contributed by atoms with E-state index in [1.807, 2.05) is 29.7 Å². The van der Waals surface area contributed by atoms with Crippen molar-refractivity contribution in [2.45, 2.75) is 25.0 Å². The van der Waals surface area contributed by atoms with Gasteiger partial charge in [-0.15, -0.1) is 10.2 Å². The zero-order valence-corrected chi connectivity index (χ0v) is 20.0. The first-order valence-electron chi connectivity index (χ1n) is 10.3. The van der Waals surface area contributed by atoms with E-state index < -0.39 is 4.92 Å². The first-order valence-corrected chi connectivity index (χ1v) is 11.3. The van der Waals surface area contributed by atoms with E-state index in [2.05, 4.69) is 15.5 Å². The van der Waals surface area contributed by atoms with Crippen LogP contribution in [0.15, 0.2) is 41.6 Å². The third-order valence-corrected chi connectivity index (χ3v) is 5.89. The highest BCUT2D eigenvalue weighted by Gasteiger charge is 2.17. The molecular weight excluding hydrogens is 462 g/mol. The minimum Gasteiger partial charge on any atom is -0.495 e. The number of anilines is 1. The predicted molar refractivity (Wildman–Crippen MR) is 127 cm³/mol. The molecule has 0 bridgehead atoms. The van der Waals surface area contributed by atoms with Gasteiger partial charge >= 0.3 is 0 Å². The Kier molecular flexibility index (Phi) is 8.30. The zero-order valence-electron chi connectivity index (χ0n) is 19.2. The maximum absolute atomic E-state index is 12.5. The van der Waals surface area contributed by atoms with E-state index in [1.165, 1.54) is 37.1 Å². The Bertz CT molecular complexity index is 1180.